The average Bonchev–Trinajstić information content (AvgIpc) is 3.03. The molecule has 1 amide bonds. The number of thiazole rings is 1. The number of rotatable bonds is 5. The summed E-state index contributed by atoms with van der Waals surface area (Å²) >= 11 is 1.26. The molecule has 26 heavy (non-hydrogen) atoms. The molecule has 3 aromatic rings. The minimum absolute atomic E-state index is 0.352. The molecule has 0 aliphatic heterocycles. The zero-order valence-electron chi connectivity index (χ0n) is 13.5. The van der Waals surface area contributed by atoms with E-state index in [2.05, 4.69) is 15.0 Å². The Morgan fingerprint density at radius 1 is 1.15 bits per heavy atom. The molecule has 0 aliphatic carbocycles. The summed E-state index contributed by atoms with van der Waals surface area (Å²) in [5.74, 6) is -0.362. The molecule has 0 aliphatic rings. The Labute approximate surface area is 153 Å². The molecular formula is C16H14N4O4S2. The predicted molar refractivity (Wildman–Crippen MR) is 99.4 cm³/mol. The quantitative estimate of drug-likeness (QED) is 0.511. The molecular weight excluding hydrogens is 376 g/mol. The maximum atomic E-state index is 12.1. The van der Waals surface area contributed by atoms with Gasteiger partial charge in [-0.3, -0.25) is 14.8 Å². The molecule has 0 saturated carbocycles. The van der Waals surface area contributed by atoms with Crippen molar-refractivity contribution in [2.45, 2.75) is 0 Å². The Morgan fingerprint density at radius 2 is 1.81 bits per heavy atom. The van der Waals surface area contributed by atoms with E-state index in [1.54, 1.807) is 29.6 Å². The van der Waals surface area contributed by atoms with Gasteiger partial charge >= 0.3 is 0 Å². The van der Waals surface area contributed by atoms with Crippen LogP contribution in [0.2, 0.25) is 0 Å². The summed E-state index contributed by atoms with van der Waals surface area (Å²) in [4.78, 5) is 16.5. The lowest BCUT2D eigenvalue weighted by Gasteiger charge is -2.04. The van der Waals surface area contributed by atoms with Crippen molar-refractivity contribution in [3.8, 4) is 11.3 Å². The first-order valence-corrected chi connectivity index (χ1v) is 10.1. The lowest BCUT2D eigenvalue weighted by molar-refractivity contribution is -0.605. The third kappa shape index (κ3) is 4.55. The molecule has 10 heteroatoms. The van der Waals surface area contributed by atoms with Crippen LogP contribution in [0.3, 0.4) is 0 Å². The Balaban J connectivity index is 1.71. The maximum absolute atomic E-state index is 12.1. The van der Waals surface area contributed by atoms with Gasteiger partial charge in [0.15, 0.2) is 17.5 Å². The Hall–Kier alpha value is -2.98. The lowest BCUT2D eigenvalue weighted by atomic mass is 10.1. The fraction of sp³-hybridized carbons (Fsp3) is 0.0625. The Bertz CT molecular complexity index is 1030. The second-order valence-corrected chi connectivity index (χ2v) is 8.00. The van der Waals surface area contributed by atoms with E-state index >= 15 is 0 Å². The van der Waals surface area contributed by atoms with E-state index < -0.39 is 10.0 Å². The molecule has 0 fully saturated rings. The fourth-order valence-corrected chi connectivity index (χ4v) is 3.40. The van der Waals surface area contributed by atoms with E-state index in [1.807, 2.05) is 0 Å². The number of anilines is 2. The number of nitrogens with one attached hydrogen (secondary N) is 2. The summed E-state index contributed by atoms with van der Waals surface area (Å²) in [6, 6.07) is 9.58. The molecule has 0 atom stereocenters. The molecule has 3 rings (SSSR count). The number of sulfonamides is 1. The summed E-state index contributed by atoms with van der Waals surface area (Å²) in [5.41, 5.74) is 2.25. The van der Waals surface area contributed by atoms with Crippen LogP contribution in [0.4, 0.5) is 10.8 Å². The largest absolute Gasteiger partial charge is 0.619 e. The highest BCUT2D eigenvalue weighted by molar-refractivity contribution is 7.92. The normalized spacial score (nSPS) is 11.1. The molecule has 0 bridgehead atoms. The van der Waals surface area contributed by atoms with Gasteiger partial charge in [-0.15, -0.1) is 11.3 Å². The highest BCUT2D eigenvalue weighted by Gasteiger charge is 2.11. The fourth-order valence-electron chi connectivity index (χ4n) is 2.12. The molecule has 8 nitrogen and oxygen atoms in total. The van der Waals surface area contributed by atoms with Gasteiger partial charge in [0, 0.05) is 28.8 Å². The van der Waals surface area contributed by atoms with Gasteiger partial charge in [-0.1, -0.05) is 12.1 Å². The van der Waals surface area contributed by atoms with E-state index in [-0.39, 0.29) is 5.91 Å². The summed E-state index contributed by atoms with van der Waals surface area (Å²) in [5, 5.41) is 15.9. The number of benzene rings is 1. The number of carbonyl (C=O) groups is 1. The van der Waals surface area contributed by atoms with Crippen molar-refractivity contribution in [1.82, 2.24) is 4.98 Å². The highest BCUT2D eigenvalue weighted by atomic mass is 32.2. The molecule has 2 heterocycles. The van der Waals surface area contributed by atoms with Crippen LogP contribution in [-0.4, -0.2) is 25.6 Å². The molecule has 0 unspecified atom stereocenters. The average molecular weight is 390 g/mol. The third-order valence-electron chi connectivity index (χ3n) is 3.27. The van der Waals surface area contributed by atoms with Gasteiger partial charge in [0.05, 0.1) is 17.5 Å². The second-order valence-electron chi connectivity index (χ2n) is 5.39. The molecule has 1 aromatic carbocycles. The van der Waals surface area contributed by atoms with E-state index in [0.29, 0.717) is 26.8 Å². The van der Waals surface area contributed by atoms with Gasteiger partial charge < -0.3 is 5.21 Å². The van der Waals surface area contributed by atoms with Crippen molar-refractivity contribution < 1.29 is 17.9 Å². The van der Waals surface area contributed by atoms with Crippen molar-refractivity contribution in [3.05, 3.63) is 64.9 Å². The lowest BCUT2D eigenvalue weighted by Crippen LogP contribution is -2.25. The topological polar surface area (TPSA) is 115 Å². The number of carbonyl (C=O) groups excluding carboxylic acids is 1. The number of pyridine rings is 1. The van der Waals surface area contributed by atoms with Crippen LogP contribution in [0.15, 0.2) is 54.2 Å². The second kappa shape index (κ2) is 7.10. The van der Waals surface area contributed by atoms with Gasteiger partial charge in [0.2, 0.25) is 10.0 Å². The molecule has 0 saturated heterocycles. The zero-order valence-corrected chi connectivity index (χ0v) is 15.2. The van der Waals surface area contributed by atoms with E-state index in [4.69, 9.17) is 0 Å². The zero-order chi connectivity index (χ0) is 18.7. The molecule has 2 N–H and O–H groups in total. The highest BCUT2D eigenvalue weighted by Crippen LogP contribution is 2.26. The minimum atomic E-state index is -3.33. The number of aromatic nitrogens is 2. The van der Waals surface area contributed by atoms with Gasteiger partial charge in [0.25, 0.3) is 5.91 Å². The number of amides is 1. The van der Waals surface area contributed by atoms with Crippen molar-refractivity contribution >= 4 is 38.1 Å². The van der Waals surface area contributed by atoms with Crippen molar-refractivity contribution in [1.29, 1.82) is 0 Å². The van der Waals surface area contributed by atoms with Crippen LogP contribution in [0.5, 0.6) is 0 Å². The van der Waals surface area contributed by atoms with Crippen LogP contribution in [-0.2, 0) is 10.0 Å². The first-order valence-electron chi connectivity index (χ1n) is 7.34. The SMILES string of the molecule is CS(=O)(=O)Nc1ccc(-c2csc(NC(=O)c3cc[n+]([O-])cc3)n2)cc1. The molecule has 134 valence electrons. The van der Waals surface area contributed by atoms with Gasteiger partial charge in [0.1, 0.15) is 0 Å². The van der Waals surface area contributed by atoms with Crippen LogP contribution in [0.25, 0.3) is 11.3 Å². The number of hydrogen-bond acceptors (Lipinski definition) is 6. The summed E-state index contributed by atoms with van der Waals surface area (Å²) in [6.45, 7) is 0. The summed E-state index contributed by atoms with van der Waals surface area (Å²) in [6.07, 6.45) is 3.57. The van der Waals surface area contributed by atoms with Crippen LogP contribution in [0, 0.1) is 5.21 Å². The Morgan fingerprint density at radius 3 is 2.42 bits per heavy atom. The smallest absolute Gasteiger partial charge is 0.257 e. The van der Waals surface area contributed by atoms with E-state index in [1.165, 1.54) is 35.9 Å². The first kappa shape index (κ1) is 17.8. The predicted octanol–water partition coefficient (Wildman–Crippen LogP) is 2.07. The first-order chi connectivity index (χ1) is 12.3. The Kier molecular flexibility index (Phi) is 4.87. The minimum Gasteiger partial charge on any atom is -0.619 e. The molecule has 2 aromatic heterocycles. The summed E-state index contributed by atoms with van der Waals surface area (Å²) in [7, 11) is -3.33. The van der Waals surface area contributed by atoms with Crippen molar-refractivity contribution in [2.75, 3.05) is 16.3 Å². The van der Waals surface area contributed by atoms with Gasteiger partial charge in [-0.25, -0.2) is 13.4 Å². The van der Waals surface area contributed by atoms with Crippen LogP contribution in [0.1, 0.15) is 10.4 Å². The molecule has 0 spiro atoms. The number of hydrogen-bond donors (Lipinski definition) is 2. The monoisotopic (exact) mass is 390 g/mol. The maximum Gasteiger partial charge on any atom is 0.257 e. The summed E-state index contributed by atoms with van der Waals surface area (Å²) < 4.78 is 25.4. The van der Waals surface area contributed by atoms with Crippen molar-refractivity contribution in [2.24, 2.45) is 0 Å². The van der Waals surface area contributed by atoms with Crippen LogP contribution >= 0.6 is 11.3 Å². The van der Waals surface area contributed by atoms with E-state index in [0.717, 1.165) is 11.8 Å². The number of nitrogens with zero attached hydrogens (tertiary/aromatic N) is 2. The van der Waals surface area contributed by atoms with Gasteiger partial charge in [-0.05, 0) is 12.1 Å². The van der Waals surface area contributed by atoms with Gasteiger partial charge in [-0.2, -0.15) is 4.73 Å². The van der Waals surface area contributed by atoms with Crippen molar-refractivity contribution in [3.63, 3.8) is 0 Å². The van der Waals surface area contributed by atoms with E-state index in [9.17, 15) is 18.4 Å². The standard InChI is InChI=1S/C16H14N4O4S2/c1-26(23,24)19-13-4-2-11(3-5-13)14-10-25-16(17-14)18-15(21)12-6-8-20(22)9-7-12/h2-10,19H,1H3,(H,17,18,21). The third-order valence-corrected chi connectivity index (χ3v) is 4.64. The molecule has 0 radical (unpaired) electrons. The van der Waals surface area contributed by atoms with Crippen LogP contribution < -0.4 is 14.8 Å².